The molecule has 1 aromatic carbocycles. The minimum absolute atomic E-state index is 0.197. The van der Waals surface area contributed by atoms with E-state index in [9.17, 15) is 9.59 Å². The molecule has 0 aliphatic carbocycles. The van der Waals surface area contributed by atoms with E-state index < -0.39 is 11.6 Å². The number of nitrogens with zero attached hydrogens (tertiary/aromatic N) is 4. The molecule has 2 aromatic heterocycles. The number of nitrogens with one attached hydrogen (secondary N) is 1. The maximum absolute atomic E-state index is 13.7. The molecule has 0 aliphatic rings. The van der Waals surface area contributed by atoms with Crippen molar-refractivity contribution in [1.82, 2.24) is 19.9 Å². The molecule has 2 amide bonds. The van der Waals surface area contributed by atoms with Gasteiger partial charge in [-0.25, -0.2) is 0 Å². The van der Waals surface area contributed by atoms with Crippen molar-refractivity contribution < 1.29 is 9.59 Å². The average Bonchev–Trinajstić information content (AvgIpc) is 3.28. The van der Waals surface area contributed by atoms with E-state index in [1.807, 2.05) is 52.8 Å². The molecule has 0 spiro atoms. The predicted octanol–water partition coefficient (Wildman–Crippen LogP) is 4.24. The molecule has 8 heteroatoms. The van der Waals surface area contributed by atoms with Gasteiger partial charge in [0.25, 0.3) is 5.91 Å². The molecule has 2 heterocycles. The molecule has 0 fully saturated rings. The number of aromatic nitrogens is 3. The first kappa shape index (κ1) is 22.6. The summed E-state index contributed by atoms with van der Waals surface area (Å²) in [6.45, 7) is 9.80. The topological polar surface area (TPSA) is 88.1 Å². The van der Waals surface area contributed by atoms with E-state index in [1.165, 1.54) is 4.90 Å². The Morgan fingerprint density at radius 2 is 2.00 bits per heavy atom. The first-order valence-corrected chi connectivity index (χ1v) is 11.0. The zero-order valence-electron chi connectivity index (χ0n) is 18.4. The van der Waals surface area contributed by atoms with Crippen LogP contribution in [-0.4, -0.2) is 31.9 Å². The molecule has 0 bridgehead atoms. The predicted molar refractivity (Wildman–Crippen MR) is 122 cm³/mol. The second-order valence-corrected chi connectivity index (χ2v) is 8.78. The normalized spacial score (nSPS) is 12.3. The quantitative estimate of drug-likeness (QED) is 0.597. The molecule has 162 valence electrons. The Kier molecular flexibility index (Phi) is 6.80. The minimum atomic E-state index is -0.922. The van der Waals surface area contributed by atoms with Gasteiger partial charge in [-0.05, 0) is 68.9 Å². The fourth-order valence-corrected chi connectivity index (χ4v) is 3.60. The molecule has 7 nitrogen and oxygen atoms in total. The molecule has 1 atom stereocenters. The Morgan fingerprint density at radius 3 is 2.61 bits per heavy atom. The van der Waals surface area contributed by atoms with Crippen molar-refractivity contribution >= 4 is 29.0 Å². The summed E-state index contributed by atoms with van der Waals surface area (Å²) in [7, 11) is 0. The van der Waals surface area contributed by atoms with Gasteiger partial charge in [-0.2, -0.15) is 0 Å². The smallest absolute Gasteiger partial charge is 0.280 e. The molecule has 0 unspecified atom stereocenters. The molecule has 0 aliphatic heterocycles. The van der Waals surface area contributed by atoms with E-state index in [4.69, 9.17) is 0 Å². The number of hydrogen-bond donors (Lipinski definition) is 1. The fourth-order valence-electron chi connectivity index (χ4n) is 3.17. The molecule has 31 heavy (non-hydrogen) atoms. The maximum atomic E-state index is 13.7. The lowest BCUT2D eigenvalue weighted by Crippen LogP contribution is -2.50. The SMILES string of the molecule is CCC(C)(C)NC(=O)[C@@H](c1cccnc1)N(C(=O)c1csnn1)c1cc(C)ccc1C. The lowest BCUT2D eigenvalue weighted by atomic mass is 9.98. The van der Waals surface area contributed by atoms with E-state index >= 15 is 0 Å². The van der Waals surface area contributed by atoms with Crippen LogP contribution in [0, 0.1) is 13.8 Å². The zero-order chi connectivity index (χ0) is 22.6. The van der Waals surface area contributed by atoms with Crippen LogP contribution in [0.5, 0.6) is 0 Å². The van der Waals surface area contributed by atoms with Crippen LogP contribution in [0.15, 0.2) is 48.1 Å². The highest BCUT2D eigenvalue weighted by molar-refractivity contribution is 7.03. The number of aryl methyl sites for hydroxylation is 2. The van der Waals surface area contributed by atoms with E-state index in [0.717, 1.165) is 29.1 Å². The van der Waals surface area contributed by atoms with Gasteiger partial charge in [0.2, 0.25) is 5.91 Å². The number of anilines is 1. The van der Waals surface area contributed by atoms with Crippen LogP contribution in [-0.2, 0) is 4.79 Å². The fraction of sp³-hybridized carbons (Fsp3) is 0.348. The molecule has 1 N–H and O–H groups in total. The van der Waals surface area contributed by atoms with E-state index in [0.29, 0.717) is 11.3 Å². The lowest BCUT2D eigenvalue weighted by molar-refractivity contribution is -0.124. The van der Waals surface area contributed by atoms with Crippen LogP contribution in [0.4, 0.5) is 5.69 Å². The van der Waals surface area contributed by atoms with Crippen LogP contribution >= 0.6 is 11.5 Å². The summed E-state index contributed by atoms with van der Waals surface area (Å²) in [5.74, 6) is -0.668. The average molecular weight is 438 g/mol. The molecule has 3 aromatic rings. The highest BCUT2D eigenvalue weighted by Crippen LogP contribution is 2.33. The van der Waals surface area contributed by atoms with Crippen LogP contribution in [0.1, 0.15) is 60.4 Å². The number of carbonyl (C=O) groups is 2. The van der Waals surface area contributed by atoms with Crippen molar-refractivity contribution in [3.63, 3.8) is 0 Å². The summed E-state index contributed by atoms with van der Waals surface area (Å²) in [6.07, 6.45) is 4.00. The number of hydrogen-bond acceptors (Lipinski definition) is 6. The van der Waals surface area contributed by atoms with Gasteiger partial charge in [-0.15, -0.1) is 5.10 Å². The summed E-state index contributed by atoms with van der Waals surface area (Å²) < 4.78 is 3.84. The second kappa shape index (κ2) is 9.34. The van der Waals surface area contributed by atoms with Crippen molar-refractivity contribution in [2.24, 2.45) is 0 Å². The zero-order valence-corrected chi connectivity index (χ0v) is 19.2. The van der Waals surface area contributed by atoms with Gasteiger partial charge in [0, 0.05) is 34.6 Å². The summed E-state index contributed by atoms with van der Waals surface area (Å²) >= 11 is 1.10. The van der Waals surface area contributed by atoms with Gasteiger partial charge in [0.05, 0.1) is 0 Å². The first-order chi connectivity index (χ1) is 14.7. The number of amides is 2. The molecule has 3 rings (SSSR count). The van der Waals surface area contributed by atoms with E-state index in [1.54, 1.807) is 29.9 Å². The molecular formula is C23H27N5O2S. The Labute approximate surface area is 186 Å². The standard InChI is InChI=1S/C23H27N5O2S/c1-6-23(4,5)25-21(29)20(17-8-7-11-24-13-17)28(22(30)18-14-31-27-26-18)19-12-15(2)9-10-16(19)3/h7-14,20H,6H2,1-5H3,(H,25,29)/t20-/m1/s1. The summed E-state index contributed by atoms with van der Waals surface area (Å²) in [6, 6.07) is 8.48. The van der Waals surface area contributed by atoms with Gasteiger partial charge in [0.15, 0.2) is 5.69 Å². The summed E-state index contributed by atoms with van der Waals surface area (Å²) in [4.78, 5) is 33.0. The van der Waals surface area contributed by atoms with Crippen LogP contribution < -0.4 is 10.2 Å². The second-order valence-electron chi connectivity index (χ2n) is 8.17. The van der Waals surface area contributed by atoms with Crippen LogP contribution in [0.25, 0.3) is 0 Å². The van der Waals surface area contributed by atoms with Gasteiger partial charge in [-0.1, -0.05) is 29.6 Å². The first-order valence-electron chi connectivity index (χ1n) is 10.1. The number of rotatable bonds is 7. The Hall–Kier alpha value is -3.13. The van der Waals surface area contributed by atoms with Crippen LogP contribution in [0.2, 0.25) is 0 Å². The third-order valence-electron chi connectivity index (χ3n) is 5.27. The van der Waals surface area contributed by atoms with Crippen LogP contribution in [0.3, 0.4) is 0 Å². The number of pyridine rings is 1. The Morgan fingerprint density at radius 1 is 1.23 bits per heavy atom. The van der Waals surface area contributed by atoms with Crippen molar-refractivity contribution in [3.05, 3.63) is 70.5 Å². The largest absolute Gasteiger partial charge is 0.349 e. The maximum Gasteiger partial charge on any atom is 0.280 e. The van der Waals surface area contributed by atoms with Gasteiger partial charge < -0.3 is 5.32 Å². The van der Waals surface area contributed by atoms with Crippen molar-refractivity contribution in [3.8, 4) is 0 Å². The lowest BCUT2D eigenvalue weighted by Gasteiger charge is -2.35. The van der Waals surface area contributed by atoms with Crippen molar-refractivity contribution in [1.29, 1.82) is 0 Å². The minimum Gasteiger partial charge on any atom is -0.349 e. The monoisotopic (exact) mass is 437 g/mol. The third kappa shape index (κ3) is 5.14. The molecule has 0 saturated heterocycles. The van der Waals surface area contributed by atoms with Crippen molar-refractivity contribution in [2.75, 3.05) is 4.90 Å². The molecule has 0 radical (unpaired) electrons. The highest BCUT2D eigenvalue weighted by atomic mass is 32.1. The van der Waals surface area contributed by atoms with E-state index in [-0.39, 0.29) is 17.5 Å². The molecule has 0 saturated carbocycles. The van der Waals surface area contributed by atoms with Gasteiger partial charge in [0.1, 0.15) is 6.04 Å². The Bertz CT molecular complexity index is 1050. The van der Waals surface area contributed by atoms with Crippen molar-refractivity contribution in [2.45, 2.75) is 52.6 Å². The van der Waals surface area contributed by atoms with Gasteiger partial charge >= 0.3 is 0 Å². The van der Waals surface area contributed by atoms with E-state index in [2.05, 4.69) is 19.9 Å². The summed E-state index contributed by atoms with van der Waals surface area (Å²) in [5, 5.41) is 8.66. The Balaban J connectivity index is 2.20. The number of carbonyl (C=O) groups excluding carboxylic acids is 2. The van der Waals surface area contributed by atoms with Gasteiger partial charge in [-0.3, -0.25) is 19.5 Å². The molecular weight excluding hydrogens is 410 g/mol. The third-order valence-corrected chi connectivity index (χ3v) is 5.78. The highest BCUT2D eigenvalue weighted by Gasteiger charge is 2.37. The summed E-state index contributed by atoms with van der Waals surface area (Å²) in [5.41, 5.74) is 2.88. The number of benzene rings is 1.